The Morgan fingerprint density at radius 1 is 1.62 bits per heavy atom. The Kier molecular flexibility index (Phi) is 3.57. The molecule has 0 aromatic carbocycles. The molecule has 0 amide bonds. The summed E-state index contributed by atoms with van der Waals surface area (Å²) in [6.45, 7) is 2.54. The number of nitrogens with zero attached hydrogens (tertiary/aromatic N) is 2. The minimum Gasteiger partial charge on any atom is -0.396 e. The summed E-state index contributed by atoms with van der Waals surface area (Å²) in [6, 6.07) is 1.21. The van der Waals surface area contributed by atoms with E-state index in [1.165, 1.54) is 6.07 Å². The van der Waals surface area contributed by atoms with Gasteiger partial charge in [-0.25, -0.2) is 9.97 Å². The van der Waals surface area contributed by atoms with Crippen LogP contribution in [0, 0.1) is 11.9 Å². The van der Waals surface area contributed by atoms with Crippen molar-refractivity contribution in [1.29, 1.82) is 0 Å². The Hall–Kier alpha value is -1.23. The first-order valence-corrected chi connectivity index (χ1v) is 4.04. The second-order valence-corrected chi connectivity index (χ2v) is 2.89. The fraction of sp³-hybridized carbons (Fsp3) is 0.500. The molecule has 0 fully saturated rings. The molecule has 72 valence electrons. The van der Waals surface area contributed by atoms with Crippen LogP contribution < -0.4 is 5.32 Å². The number of nitrogens with one attached hydrogen (secondary N) is 1. The topological polar surface area (TPSA) is 58.0 Å². The average Bonchev–Trinajstić information content (AvgIpc) is 2.14. The number of aliphatic hydroxyl groups is 1. The van der Waals surface area contributed by atoms with E-state index in [2.05, 4.69) is 15.3 Å². The quantitative estimate of drug-likeness (QED) is 0.676. The number of rotatable bonds is 4. The summed E-state index contributed by atoms with van der Waals surface area (Å²) in [5.74, 6) is -0.0000203. The van der Waals surface area contributed by atoms with Gasteiger partial charge in [0.15, 0.2) is 0 Å². The highest BCUT2D eigenvalue weighted by Crippen LogP contribution is 2.03. The van der Waals surface area contributed by atoms with Crippen LogP contribution in [0.3, 0.4) is 0 Å². The zero-order valence-electron chi connectivity index (χ0n) is 7.37. The van der Waals surface area contributed by atoms with Crippen molar-refractivity contribution in [2.24, 2.45) is 5.92 Å². The van der Waals surface area contributed by atoms with Gasteiger partial charge in [0.25, 0.3) is 0 Å². The van der Waals surface area contributed by atoms with E-state index in [4.69, 9.17) is 5.11 Å². The van der Waals surface area contributed by atoms with E-state index in [0.29, 0.717) is 12.4 Å². The average molecular weight is 185 g/mol. The van der Waals surface area contributed by atoms with Gasteiger partial charge in [-0.1, -0.05) is 6.92 Å². The molecule has 1 heterocycles. The maximum Gasteiger partial charge on any atom is 0.217 e. The van der Waals surface area contributed by atoms with Gasteiger partial charge < -0.3 is 10.4 Å². The first-order valence-electron chi connectivity index (χ1n) is 4.04. The molecular formula is C8H12FN3O. The van der Waals surface area contributed by atoms with E-state index < -0.39 is 5.95 Å². The van der Waals surface area contributed by atoms with Crippen LogP contribution in [0.1, 0.15) is 6.92 Å². The minimum absolute atomic E-state index is 0.0978. The molecule has 4 nitrogen and oxygen atoms in total. The molecule has 1 aromatic heterocycles. The van der Waals surface area contributed by atoms with Crippen LogP contribution in [0.5, 0.6) is 0 Å². The molecule has 13 heavy (non-hydrogen) atoms. The van der Waals surface area contributed by atoms with Gasteiger partial charge in [0.05, 0.1) is 0 Å². The van der Waals surface area contributed by atoms with Crippen molar-refractivity contribution in [3.8, 4) is 0 Å². The number of hydrogen-bond acceptors (Lipinski definition) is 4. The lowest BCUT2D eigenvalue weighted by Gasteiger charge is -2.09. The Balaban J connectivity index is 2.45. The van der Waals surface area contributed by atoms with Gasteiger partial charge in [0.1, 0.15) is 12.1 Å². The number of aliphatic hydroxyl groups excluding tert-OH is 1. The second-order valence-electron chi connectivity index (χ2n) is 2.89. The molecule has 0 aliphatic heterocycles. The van der Waals surface area contributed by atoms with E-state index in [9.17, 15) is 4.39 Å². The maximum atomic E-state index is 12.5. The molecular weight excluding hydrogens is 173 g/mol. The van der Waals surface area contributed by atoms with Gasteiger partial charge in [-0.3, -0.25) is 0 Å². The third-order valence-electron chi connectivity index (χ3n) is 1.58. The molecule has 0 spiro atoms. The zero-order valence-corrected chi connectivity index (χ0v) is 7.37. The molecule has 0 aliphatic rings. The van der Waals surface area contributed by atoms with Crippen molar-refractivity contribution in [2.45, 2.75) is 6.92 Å². The summed E-state index contributed by atoms with van der Waals surface area (Å²) >= 11 is 0. The minimum atomic E-state index is -0.561. The highest BCUT2D eigenvalue weighted by Gasteiger charge is 2.01. The SMILES string of the molecule is CC(CO)CNc1cc(F)ncn1. The fourth-order valence-corrected chi connectivity index (χ4v) is 0.774. The number of anilines is 1. The predicted molar refractivity (Wildman–Crippen MR) is 46.7 cm³/mol. The molecule has 2 N–H and O–H groups in total. The summed E-state index contributed by atoms with van der Waals surface area (Å²) in [5.41, 5.74) is 0. The number of aromatic nitrogens is 2. The van der Waals surface area contributed by atoms with Crippen LogP contribution in [-0.2, 0) is 0 Å². The van der Waals surface area contributed by atoms with Crippen LogP contribution >= 0.6 is 0 Å². The summed E-state index contributed by atoms with van der Waals surface area (Å²) in [6.07, 6.45) is 1.15. The smallest absolute Gasteiger partial charge is 0.217 e. The van der Waals surface area contributed by atoms with Gasteiger partial charge in [-0.15, -0.1) is 0 Å². The van der Waals surface area contributed by atoms with E-state index in [1.54, 1.807) is 0 Å². The third-order valence-corrected chi connectivity index (χ3v) is 1.58. The lowest BCUT2D eigenvalue weighted by molar-refractivity contribution is 0.244. The van der Waals surface area contributed by atoms with E-state index in [0.717, 1.165) is 6.33 Å². The highest BCUT2D eigenvalue weighted by atomic mass is 19.1. The normalized spacial score (nSPS) is 12.5. The summed E-state index contributed by atoms with van der Waals surface area (Å²) in [7, 11) is 0. The summed E-state index contributed by atoms with van der Waals surface area (Å²) in [4.78, 5) is 7.12. The molecule has 0 radical (unpaired) electrons. The number of hydrogen-bond donors (Lipinski definition) is 2. The van der Waals surface area contributed by atoms with Crippen LogP contribution in [-0.4, -0.2) is 28.2 Å². The van der Waals surface area contributed by atoms with Crippen LogP contribution in [0.15, 0.2) is 12.4 Å². The first-order chi connectivity index (χ1) is 6.22. The van der Waals surface area contributed by atoms with Crippen LogP contribution in [0.25, 0.3) is 0 Å². The van der Waals surface area contributed by atoms with Crippen molar-refractivity contribution in [3.63, 3.8) is 0 Å². The molecule has 0 saturated carbocycles. The summed E-state index contributed by atoms with van der Waals surface area (Å²) in [5, 5.41) is 11.6. The van der Waals surface area contributed by atoms with Crippen LogP contribution in [0.4, 0.5) is 10.2 Å². The Labute approximate surface area is 75.8 Å². The Bertz CT molecular complexity index is 269. The van der Waals surface area contributed by atoms with E-state index >= 15 is 0 Å². The van der Waals surface area contributed by atoms with Gasteiger partial charge in [-0.2, -0.15) is 4.39 Å². The largest absolute Gasteiger partial charge is 0.396 e. The van der Waals surface area contributed by atoms with Gasteiger partial charge in [0, 0.05) is 19.2 Å². The molecule has 5 heteroatoms. The first kappa shape index (κ1) is 9.85. The standard InChI is InChI=1S/C8H12FN3O/c1-6(4-13)3-10-8-2-7(9)11-5-12-8/h2,5-6,13H,3-4H2,1H3,(H,10,11,12). The molecule has 0 bridgehead atoms. The van der Waals surface area contributed by atoms with Crippen molar-refractivity contribution in [2.75, 3.05) is 18.5 Å². The van der Waals surface area contributed by atoms with Crippen LogP contribution in [0.2, 0.25) is 0 Å². The molecule has 1 aromatic rings. The number of halogens is 1. The Morgan fingerprint density at radius 3 is 3.00 bits per heavy atom. The van der Waals surface area contributed by atoms with Crippen molar-refractivity contribution >= 4 is 5.82 Å². The monoisotopic (exact) mass is 185 g/mol. The Morgan fingerprint density at radius 2 is 2.38 bits per heavy atom. The van der Waals surface area contributed by atoms with Crippen molar-refractivity contribution in [3.05, 3.63) is 18.3 Å². The highest BCUT2D eigenvalue weighted by molar-refractivity contribution is 5.31. The molecule has 1 unspecified atom stereocenters. The third kappa shape index (κ3) is 3.33. The van der Waals surface area contributed by atoms with Gasteiger partial charge in [0.2, 0.25) is 5.95 Å². The lowest BCUT2D eigenvalue weighted by Crippen LogP contribution is -2.15. The van der Waals surface area contributed by atoms with Gasteiger partial charge in [-0.05, 0) is 5.92 Å². The molecule has 0 saturated heterocycles. The second kappa shape index (κ2) is 4.71. The molecule has 1 atom stereocenters. The molecule has 0 aliphatic carbocycles. The zero-order chi connectivity index (χ0) is 9.68. The molecule has 1 rings (SSSR count). The fourth-order valence-electron chi connectivity index (χ4n) is 0.774. The summed E-state index contributed by atoms with van der Waals surface area (Å²) < 4.78 is 12.5. The van der Waals surface area contributed by atoms with Crippen molar-refractivity contribution < 1.29 is 9.50 Å². The maximum absolute atomic E-state index is 12.5. The van der Waals surface area contributed by atoms with Crippen molar-refractivity contribution in [1.82, 2.24) is 9.97 Å². The lowest BCUT2D eigenvalue weighted by atomic mass is 10.2. The predicted octanol–water partition coefficient (Wildman–Crippen LogP) is 0.656. The van der Waals surface area contributed by atoms with Gasteiger partial charge >= 0.3 is 0 Å². The van der Waals surface area contributed by atoms with E-state index in [-0.39, 0.29) is 12.5 Å². The van der Waals surface area contributed by atoms with E-state index in [1.807, 2.05) is 6.92 Å².